The Morgan fingerprint density at radius 1 is 1.00 bits per heavy atom. The van der Waals surface area contributed by atoms with Crippen LogP contribution < -0.4 is 10.6 Å². The van der Waals surface area contributed by atoms with E-state index in [1.54, 1.807) is 0 Å². The quantitative estimate of drug-likeness (QED) is 0.694. The first-order valence-electron chi connectivity index (χ1n) is 9.54. The van der Waals surface area contributed by atoms with E-state index >= 15 is 0 Å². The molecule has 0 saturated heterocycles. The van der Waals surface area contributed by atoms with Gasteiger partial charge in [0.15, 0.2) is 11.6 Å². The fourth-order valence-electron chi connectivity index (χ4n) is 4.65. The summed E-state index contributed by atoms with van der Waals surface area (Å²) in [6.07, 6.45) is 10.6. The van der Waals surface area contributed by atoms with Crippen LogP contribution >= 0.6 is 0 Å². The average molecular weight is 375 g/mol. The molecule has 1 aromatic heterocycles. The molecule has 144 valence electrons. The van der Waals surface area contributed by atoms with Gasteiger partial charge in [0.1, 0.15) is 0 Å². The molecule has 4 rings (SSSR count). The normalized spacial score (nSPS) is 19.5. The molecule has 27 heavy (non-hydrogen) atoms. The van der Waals surface area contributed by atoms with Gasteiger partial charge in [-0.3, -0.25) is 9.59 Å². The van der Waals surface area contributed by atoms with E-state index in [2.05, 4.69) is 15.6 Å². The van der Waals surface area contributed by atoms with Crippen LogP contribution in [0.25, 0.3) is 10.9 Å². The predicted octanol–water partition coefficient (Wildman–Crippen LogP) is 4.00. The molecular weight excluding hydrogens is 352 g/mol. The summed E-state index contributed by atoms with van der Waals surface area (Å²) in [4.78, 5) is 27.2. The SMILES string of the molecule is O=C(Nc1c[nH]c2cc(F)c(F)cc12)C(=O)NC1CCC2(CCCC2)CC1. The van der Waals surface area contributed by atoms with Gasteiger partial charge >= 0.3 is 11.8 Å². The first-order chi connectivity index (χ1) is 13.0. The van der Waals surface area contributed by atoms with Gasteiger partial charge in [-0.15, -0.1) is 0 Å². The summed E-state index contributed by atoms with van der Waals surface area (Å²) in [6.45, 7) is 0. The maximum absolute atomic E-state index is 13.5. The molecule has 0 aliphatic heterocycles. The van der Waals surface area contributed by atoms with E-state index in [0.29, 0.717) is 16.3 Å². The van der Waals surface area contributed by atoms with E-state index in [1.165, 1.54) is 31.9 Å². The zero-order chi connectivity index (χ0) is 19.0. The first-order valence-corrected chi connectivity index (χ1v) is 9.54. The standard InChI is InChI=1S/C20H23F2N3O2/c21-14-9-13-16(10-15(14)22)23-11-17(13)25-19(27)18(26)24-12-3-7-20(8-4-12)5-1-2-6-20/h9-12,23H,1-8H2,(H,24,26)(H,25,27). The van der Waals surface area contributed by atoms with E-state index < -0.39 is 23.4 Å². The van der Waals surface area contributed by atoms with Crippen LogP contribution in [-0.4, -0.2) is 22.8 Å². The second-order valence-electron chi connectivity index (χ2n) is 7.92. The summed E-state index contributed by atoms with van der Waals surface area (Å²) in [6, 6.07) is 2.03. The number of hydrogen-bond donors (Lipinski definition) is 3. The number of hydrogen-bond acceptors (Lipinski definition) is 2. The fraction of sp³-hybridized carbons (Fsp3) is 0.500. The lowest BCUT2D eigenvalue weighted by Crippen LogP contribution is -2.44. The largest absolute Gasteiger partial charge is 0.359 e. The van der Waals surface area contributed by atoms with Gasteiger partial charge < -0.3 is 15.6 Å². The molecule has 0 unspecified atom stereocenters. The Balaban J connectivity index is 1.36. The second kappa shape index (κ2) is 6.94. The van der Waals surface area contributed by atoms with Crippen molar-refractivity contribution in [1.29, 1.82) is 0 Å². The number of rotatable bonds is 2. The van der Waals surface area contributed by atoms with Crippen molar-refractivity contribution in [2.24, 2.45) is 5.41 Å². The summed E-state index contributed by atoms with van der Waals surface area (Å²) in [5, 5.41) is 5.60. The van der Waals surface area contributed by atoms with Crippen molar-refractivity contribution in [3.05, 3.63) is 30.0 Å². The number of aromatic amines is 1. The number of anilines is 1. The van der Waals surface area contributed by atoms with Crippen LogP contribution in [0.1, 0.15) is 51.4 Å². The van der Waals surface area contributed by atoms with Gasteiger partial charge in [-0.2, -0.15) is 0 Å². The van der Waals surface area contributed by atoms with Gasteiger partial charge in [0.05, 0.1) is 11.2 Å². The maximum Gasteiger partial charge on any atom is 0.313 e. The molecule has 1 aromatic carbocycles. The highest BCUT2D eigenvalue weighted by atomic mass is 19.2. The van der Waals surface area contributed by atoms with Crippen LogP contribution in [0.3, 0.4) is 0 Å². The van der Waals surface area contributed by atoms with Crippen molar-refractivity contribution in [3.63, 3.8) is 0 Å². The Bertz CT molecular complexity index is 877. The van der Waals surface area contributed by atoms with Crippen molar-refractivity contribution in [2.45, 2.75) is 57.4 Å². The number of carbonyl (C=O) groups is 2. The summed E-state index contributed by atoms with van der Waals surface area (Å²) >= 11 is 0. The van der Waals surface area contributed by atoms with Crippen molar-refractivity contribution in [2.75, 3.05) is 5.32 Å². The second-order valence-corrected chi connectivity index (χ2v) is 7.92. The summed E-state index contributed by atoms with van der Waals surface area (Å²) < 4.78 is 26.7. The Labute approximate surface area is 155 Å². The van der Waals surface area contributed by atoms with Crippen LogP contribution in [0.15, 0.2) is 18.3 Å². The lowest BCUT2D eigenvalue weighted by Gasteiger charge is -2.37. The Morgan fingerprint density at radius 2 is 1.67 bits per heavy atom. The van der Waals surface area contributed by atoms with Crippen LogP contribution in [0.5, 0.6) is 0 Å². The Kier molecular flexibility index (Phi) is 4.61. The number of halogens is 2. The van der Waals surface area contributed by atoms with Gasteiger partial charge in [0.2, 0.25) is 0 Å². The average Bonchev–Trinajstić information content (AvgIpc) is 3.26. The van der Waals surface area contributed by atoms with E-state index in [-0.39, 0.29) is 11.7 Å². The van der Waals surface area contributed by atoms with Crippen LogP contribution in [0.4, 0.5) is 14.5 Å². The van der Waals surface area contributed by atoms with Crippen molar-refractivity contribution >= 4 is 28.4 Å². The van der Waals surface area contributed by atoms with Crippen LogP contribution in [0, 0.1) is 17.0 Å². The molecule has 2 fully saturated rings. The Morgan fingerprint density at radius 3 is 2.37 bits per heavy atom. The van der Waals surface area contributed by atoms with Crippen molar-refractivity contribution in [1.82, 2.24) is 10.3 Å². The minimum absolute atomic E-state index is 0.0176. The fourth-order valence-corrected chi connectivity index (χ4v) is 4.65. The maximum atomic E-state index is 13.5. The third kappa shape index (κ3) is 3.55. The molecule has 7 heteroatoms. The number of carbonyl (C=O) groups excluding carboxylic acids is 2. The molecule has 2 amide bonds. The van der Waals surface area contributed by atoms with Crippen LogP contribution in [0.2, 0.25) is 0 Å². The number of benzene rings is 1. The van der Waals surface area contributed by atoms with Gasteiger partial charge in [-0.05, 0) is 50.0 Å². The molecule has 1 heterocycles. The molecule has 5 nitrogen and oxygen atoms in total. The van der Waals surface area contributed by atoms with Crippen LogP contribution in [-0.2, 0) is 9.59 Å². The summed E-state index contributed by atoms with van der Waals surface area (Å²) in [5.41, 5.74) is 1.06. The minimum atomic E-state index is -1.01. The number of fused-ring (bicyclic) bond motifs is 1. The van der Waals surface area contributed by atoms with Gasteiger partial charge in [-0.25, -0.2) is 8.78 Å². The molecule has 0 radical (unpaired) electrons. The molecule has 2 aromatic rings. The third-order valence-corrected chi connectivity index (χ3v) is 6.22. The molecule has 0 bridgehead atoms. The number of nitrogens with one attached hydrogen (secondary N) is 3. The molecule has 1 spiro atoms. The number of H-pyrrole nitrogens is 1. The first kappa shape index (κ1) is 17.9. The highest BCUT2D eigenvalue weighted by Gasteiger charge is 2.38. The number of amides is 2. The zero-order valence-electron chi connectivity index (χ0n) is 15.0. The van der Waals surface area contributed by atoms with Gasteiger partial charge in [0, 0.05) is 23.7 Å². The van der Waals surface area contributed by atoms with E-state index in [1.807, 2.05) is 0 Å². The van der Waals surface area contributed by atoms with E-state index in [4.69, 9.17) is 0 Å². The molecule has 2 aliphatic rings. The topological polar surface area (TPSA) is 74.0 Å². The molecular formula is C20H23F2N3O2. The Hall–Kier alpha value is -2.44. The van der Waals surface area contributed by atoms with Crippen molar-refractivity contribution < 1.29 is 18.4 Å². The molecule has 0 atom stereocenters. The van der Waals surface area contributed by atoms with E-state index in [0.717, 1.165) is 37.8 Å². The lowest BCUT2D eigenvalue weighted by atomic mass is 9.71. The molecule has 3 N–H and O–H groups in total. The smallest absolute Gasteiger partial charge is 0.313 e. The molecule has 2 saturated carbocycles. The monoisotopic (exact) mass is 375 g/mol. The van der Waals surface area contributed by atoms with E-state index in [9.17, 15) is 18.4 Å². The van der Waals surface area contributed by atoms with Gasteiger partial charge in [0.25, 0.3) is 0 Å². The van der Waals surface area contributed by atoms with Gasteiger partial charge in [-0.1, -0.05) is 12.8 Å². The lowest BCUT2D eigenvalue weighted by molar-refractivity contribution is -0.136. The number of aromatic nitrogens is 1. The van der Waals surface area contributed by atoms with Crippen molar-refractivity contribution in [3.8, 4) is 0 Å². The zero-order valence-corrected chi connectivity index (χ0v) is 15.0. The highest BCUT2D eigenvalue weighted by Crippen LogP contribution is 2.48. The molecule has 2 aliphatic carbocycles. The predicted molar refractivity (Wildman–Crippen MR) is 98.1 cm³/mol. The highest BCUT2D eigenvalue weighted by molar-refractivity contribution is 6.40. The summed E-state index contributed by atoms with van der Waals surface area (Å²) in [7, 11) is 0. The summed E-state index contributed by atoms with van der Waals surface area (Å²) in [5.74, 6) is -3.48. The third-order valence-electron chi connectivity index (χ3n) is 6.22. The minimum Gasteiger partial charge on any atom is -0.359 e.